The number of rotatable bonds is 4. The van der Waals surface area contributed by atoms with Crippen LogP contribution in [0.1, 0.15) is 66.5 Å². The van der Waals surface area contributed by atoms with Gasteiger partial charge in [-0.1, -0.05) is 93.0 Å². The Labute approximate surface area is 422 Å². The highest BCUT2D eigenvalue weighted by Crippen LogP contribution is 2.52. The van der Waals surface area contributed by atoms with Crippen LogP contribution in [0.15, 0.2) is 146 Å². The molecule has 6 nitrogen and oxygen atoms in total. The molecule has 4 aromatic heterocycles. The van der Waals surface area contributed by atoms with Crippen LogP contribution in [0.4, 0.5) is 5.69 Å². The van der Waals surface area contributed by atoms with Crippen molar-refractivity contribution >= 4 is 92.9 Å². The summed E-state index contributed by atoms with van der Waals surface area (Å²) in [5.41, 5.74) is 9.42. The van der Waals surface area contributed by atoms with Crippen molar-refractivity contribution in [2.75, 3.05) is 0 Å². The molecule has 13 rings (SSSR count). The van der Waals surface area contributed by atoms with Gasteiger partial charge in [0, 0.05) is 59.5 Å². The van der Waals surface area contributed by atoms with Crippen molar-refractivity contribution in [2.45, 2.75) is 55.1 Å². The lowest BCUT2D eigenvalue weighted by Crippen LogP contribution is -2.14. The SMILES string of the molecule is [2H]C([2H])([2H])c1ccc2c(c1)c1cc(C)ccc1n2-c1c(C#N)c(-n2c3ccc(C([2H])([2H])[2H])cc3c3cc(C([2H])([2H])[2H])ccc32)c(-n2c3ccc(C)cc3c3cc(C([2H])([2H])[2H])ccc32)c(-n2c3ccc(C)cc3c3cc(C)ccc32)c1[N+]#[C-]. The number of aromatic nitrogens is 4. The molecule has 70 heavy (non-hydrogen) atoms. The van der Waals surface area contributed by atoms with Gasteiger partial charge in [0.05, 0.1) is 79.0 Å². The third kappa shape index (κ3) is 5.71. The van der Waals surface area contributed by atoms with Crippen molar-refractivity contribution in [3.8, 4) is 28.8 Å². The van der Waals surface area contributed by atoms with Gasteiger partial charge in [-0.25, -0.2) is 4.85 Å². The Hall–Kier alpha value is -8.84. The molecule has 13 aromatic rings. The molecule has 0 N–H and O–H groups in total. The number of nitrogens with zero attached hydrogens (tertiary/aromatic N) is 6. The van der Waals surface area contributed by atoms with E-state index in [0.717, 1.165) is 33.0 Å². The summed E-state index contributed by atoms with van der Waals surface area (Å²) in [6.07, 6.45) is 0. The fourth-order valence-electron chi connectivity index (χ4n) is 11.3. The second kappa shape index (κ2) is 14.8. The van der Waals surface area contributed by atoms with Gasteiger partial charge in [-0.2, -0.15) is 5.26 Å². The molecule has 0 amide bonds. The highest BCUT2D eigenvalue weighted by atomic mass is 15.1. The van der Waals surface area contributed by atoms with Gasteiger partial charge >= 0.3 is 0 Å². The summed E-state index contributed by atoms with van der Waals surface area (Å²) < 4.78 is 111. The van der Waals surface area contributed by atoms with Crippen LogP contribution in [-0.2, 0) is 0 Å². The second-order valence-corrected chi connectivity index (χ2v) is 18.7. The molecule has 0 aliphatic heterocycles. The average Bonchev–Trinajstić information content (AvgIpc) is 3.03. The van der Waals surface area contributed by atoms with Gasteiger partial charge in [-0.3, -0.25) is 0 Å². The highest BCUT2D eigenvalue weighted by Gasteiger charge is 2.34. The van der Waals surface area contributed by atoms with E-state index in [1.165, 1.54) is 12.1 Å². The lowest BCUT2D eigenvalue weighted by Gasteiger charge is -2.27. The van der Waals surface area contributed by atoms with E-state index in [1.54, 1.807) is 60.7 Å². The quantitative estimate of drug-likeness (QED) is 0.162. The standard InChI is InChI=1S/C64H48N6/c1-35-10-18-52-43(26-35)44-27-36(2)11-19-53(44)67(52)61-51(34-65)62(68-54-20-12-37(3)28-45(54)46-29-38(4)13-21-55(46)68)64(70-58-24-16-41(7)32-49(58)50-33-42(8)17-25-59(50)70)63(60(61)66-9)69-56-22-14-39(5)30-47(56)48-31-40(6)15-23-57(48)69/h10-33H,1-8H3/i1D3,3D3,4D3,7D3. The van der Waals surface area contributed by atoms with Gasteiger partial charge < -0.3 is 18.3 Å². The maximum Gasteiger partial charge on any atom is 0.237 e. The summed E-state index contributed by atoms with van der Waals surface area (Å²) in [6.45, 7) is 7.49. The van der Waals surface area contributed by atoms with Crippen LogP contribution in [0.5, 0.6) is 0 Å². The minimum Gasteiger partial charge on any atom is -0.318 e. The Kier molecular flexibility index (Phi) is 6.47. The third-order valence-corrected chi connectivity index (χ3v) is 14.2. The first-order valence-electron chi connectivity index (χ1n) is 29.0. The summed E-state index contributed by atoms with van der Waals surface area (Å²) in [6, 6.07) is 45.9. The van der Waals surface area contributed by atoms with E-state index in [9.17, 15) is 11.8 Å². The maximum absolute atomic E-state index is 12.6. The Morgan fingerprint density at radius 2 is 0.600 bits per heavy atom. The van der Waals surface area contributed by atoms with E-state index in [2.05, 4.69) is 27.6 Å². The van der Waals surface area contributed by atoms with Crippen molar-refractivity contribution in [2.24, 2.45) is 0 Å². The van der Waals surface area contributed by atoms with E-state index in [-0.39, 0.29) is 44.9 Å². The normalized spacial score (nSPS) is 15.2. The second-order valence-electron chi connectivity index (χ2n) is 18.7. The molecule has 6 heteroatoms. The number of hydrogen-bond donors (Lipinski definition) is 0. The maximum atomic E-state index is 12.6. The Morgan fingerprint density at radius 3 is 0.871 bits per heavy atom. The Morgan fingerprint density at radius 1 is 0.357 bits per heavy atom. The summed E-state index contributed by atoms with van der Waals surface area (Å²) in [4.78, 5) is 4.59. The van der Waals surface area contributed by atoms with Crippen molar-refractivity contribution in [3.05, 3.63) is 207 Å². The van der Waals surface area contributed by atoms with Crippen LogP contribution >= 0.6 is 0 Å². The zero-order chi connectivity index (χ0) is 58.0. The van der Waals surface area contributed by atoms with Crippen molar-refractivity contribution in [3.63, 3.8) is 0 Å². The van der Waals surface area contributed by atoms with Crippen LogP contribution in [-0.4, -0.2) is 18.3 Å². The van der Waals surface area contributed by atoms with Crippen molar-refractivity contribution < 1.29 is 16.4 Å². The monoisotopic (exact) mass is 912 g/mol. The Balaban J connectivity index is 1.38. The molecule has 0 radical (unpaired) electrons. The van der Waals surface area contributed by atoms with E-state index >= 15 is 0 Å². The molecular weight excluding hydrogens is 853 g/mol. The molecule has 0 unspecified atom stereocenters. The van der Waals surface area contributed by atoms with Gasteiger partial charge in [0.15, 0.2) is 0 Å². The van der Waals surface area contributed by atoms with Gasteiger partial charge in [-0.15, -0.1) is 0 Å². The number of fused-ring (bicyclic) bond motifs is 12. The van der Waals surface area contributed by atoms with Gasteiger partial charge in [0.2, 0.25) is 5.69 Å². The van der Waals surface area contributed by atoms with E-state index < -0.39 is 27.4 Å². The first kappa shape index (κ1) is 30.5. The summed E-state index contributed by atoms with van der Waals surface area (Å²) in [5, 5.41) is 17.6. The molecule has 0 atom stereocenters. The minimum atomic E-state index is -2.58. The zero-order valence-corrected chi connectivity index (χ0v) is 38.5. The molecule has 0 spiro atoms. The average molecular weight is 913 g/mol. The molecule has 0 saturated carbocycles. The highest BCUT2D eigenvalue weighted by molar-refractivity contribution is 6.17. The fourth-order valence-corrected chi connectivity index (χ4v) is 11.3. The first-order chi connectivity index (χ1) is 38.8. The van der Waals surface area contributed by atoms with Crippen LogP contribution in [0.2, 0.25) is 0 Å². The summed E-state index contributed by atoms with van der Waals surface area (Å²) >= 11 is 0. The fraction of sp³-hybridized carbons (Fsp3) is 0.125. The molecule has 9 aromatic carbocycles. The van der Waals surface area contributed by atoms with Gasteiger partial charge in [0.25, 0.3) is 0 Å². The number of aryl methyl sites for hydroxylation is 8. The Bertz CT molecular complexity index is 4930. The molecule has 0 aliphatic rings. The summed E-state index contributed by atoms with van der Waals surface area (Å²) in [5.74, 6) is 0. The van der Waals surface area contributed by atoms with Crippen LogP contribution in [0, 0.1) is 73.0 Å². The summed E-state index contributed by atoms with van der Waals surface area (Å²) in [7, 11) is 0. The lowest BCUT2D eigenvalue weighted by molar-refractivity contribution is 1.03. The molecule has 334 valence electrons. The number of nitriles is 1. The number of hydrogen-bond acceptors (Lipinski definition) is 1. The molecule has 0 bridgehead atoms. The predicted octanol–water partition coefficient (Wildman–Crippen LogP) is 17.0. The van der Waals surface area contributed by atoms with E-state index in [0.29, 0.717) is 87.8 Å². The van der Waals surface area contributed by atoms with Crippen molar-refractivity contribution in [1.82, 2.24) is 18.3 Å². The van der Waals surface area contributed by atoms with Crippen LogP contribution in [0.3, 0.4) is 0 Å². The number of benzene rings is 9. The predicted molar refractivity (Wildman–Crippen MR) is 293 cm³/mol. The molecule has 0 aliphatic carbocycles. The smallest absolute Gasteiger partial charge is 0.237 e. The van der Waals surface area contributed by atoms with Gasteiger partial charge in [-0.05, 0) is 152 Å². The van der Waals surface area contributed by atoms with E-state index in [1.807, 2.05) is 102 Å². The molecular formula is C64H48N6. The lowest BCUT2D eigenvalue weighted by atomic mass is 10.0. The van der Waals surface area contributed by atoms with E-state index in [4.69, 9.17) is 16.4 Å². The minimum absolute atomic E-state index is 0.000468. The molecule has 4 heterocycles. The van der Waals surface area contributed by atoms with Crippen LogP contribution < -0.4 is 0 Å². The van der Waals surface area contributed by atoms with Crippen LogP contribution in [0.25, 0.3) is 115 Å². The van der Waals surface area contributed by atoms with Gasteiger partial charge in [0.1, 0.15) is 6.07 Å². The third-order valence-electron chi connectivity index (χ3n) is 14.2. The van der Waals surface area contributed by atoms with Crippen molar-refractivity contribution in [1.29, 1.82) is 5.26 Å². The zero-order valence-electron chi connectivity index (χ0n) is 50.5. The molecule has 0 fully saturated rings. The largest absolute Gasteiger partial charge is 0.318 e. The first-order valence-corrected chi connectivity index (χ1v) is 23.0. The molecule has 0 saturated heterocycles. The topological polar surface area (TPSA) is 47.9 Å².